The number of hydrogen-bond acceptors (Lipinski definition) is 3. The van der Waals surface area contributed by atoms with Gasteiger partial charge in [-0.3, -0.25) is 9.79 Å². The van der Waals surface area contributed by atoms with Gasteiger partial charge in [-0.2, -0.15) is 0 Å². The fraction of sp³-hybridized carbons (Fsp3) is 0.778. The standard InChI is InChI=1S/C7H12N2.C2H4O2/c1-3-7-8-4-2-6-9(7)5-1;1-2(3)4/h1-6H2;1H3,(H,3,4). The summed E-state index contributed by atoms with van der Waals surface area (Å²) in [5.41, 5.74) is 0. The van der Waals surface area contributed by atoms with Crippen molar-refractivity contribution < 1.29 is 9.90 Å². The van der Waals surface area contributed by atoms with Crippen LogP contribution in [0, 0.1) is 0 Å². The van der Waals surface area contributed by atoms with Crippen molar-refractivity contribution in [3.63, 3.8) is 0 Å². The van der Waals surface area contributed by atoms with E-state index in [1.807, 2.05) is 0 Å². The third kappa shape index (κ3) is 3.44. The molecular weight excluding hydrogens is 168 g/mol. The molecule has 0 saturated carbocycles. The van der Waals surface area contributed by atoms with Crippen molar-refractivity contribution in [1.29, 1.82) is 0 Å². The maximum Gasteiger partial charge on any atom is 0.300 e. The van der Waals surface area contributed by atoms with Gasteiger partial charge in [0.25, 0.3) is 5.97 Å². The quantitative estimate of drug-likeness (QED) is 0.610. The molecule has 4 nitrogen and oxygen atoms in total. The third-order valence-electron chi connectivity index (χ3n) is 2.07. The highest BCUT2D eigenvalue weighted by Gasteiger charge is 2.19. The number of carboxylic acids is 1. The molecule has 4 heteroatoms. The Hall–Kier alpha value is -1.06. The van der Waals surface area contributed by atoms with Gasteiger partial charge in [0.15, 0.2) is 0 Å². The van der Waals surface area contributed by atoms with Crippen molar-refractivity contribution in [2.75, 3.05) is 19.6 Å². The van der Waals surface area contributed by atoms with Crippen molar-refractivity contribution in [2.24, 2.45) is 4.99 Å². The molecule has 1 saturated heterocycles. The average molecular weight is 184 g/mol. The molecule has 0 amide bonds. The molecule has 13 heavy (non-hydrogen) atoms. The summed E-state index contributed by atoms with van der Waals surface area (Å²) in [4.78, 5) is 15.9. The largest absolute Gasteiger partial charge is 0.481 e. The molecule has 0 radical (unpaired) electrons. The van der Waals surface area contributed by atoms with Crippen LogP contribution in [0.1, 0.15) is 26.2 Å². The Labute approximate surface area is 78.3 Å². The first-order chi connectivity index (χ1) is 6.20. The molecule has 0 spiro atoms. The Kier molecular flexibility index (Phi) is 3.73. The molecule has 2 heterocycles. The minimum Gasteiger partial charge on any atom is -0.481 e. The number of fused-ring (bicyclic) bond motifs is 1. The van der Waals surface area contributed by atoms with Gasteiger partial charge in [0.05, 0.1) is 5.84 Å². The van der Waals surface area contributed by atoms with E-state index in [4.69, 9.17) is 9.90 Å². The van der Waals surface area contributed by atoms with E-state index in [-0.39, 0.29) is 0 Å². The topological polar surface area (TPSA) is 52.9 Å². The van der Waals surface area contributed by atoms with Crippen LogP contribution in [0.2, 0.25) is 0 Å². The first-order valence-corrected chi connectivity index (χ1v) is 4.68. The molecule has 0 aliphatic carbocycles. The van der Waals surface area contributed by atoms with E-state index < -0.39 is 5.97 Å². The van der Waals surface area contributed by atoms with Crippen molar-refractivity contribution >= 4 is 11.8 Å². The minimum atomic E-state index is -0.833. The fourth-order valence-corrected chi connectivity index (χ4v) is 1.60. The van der Waals surface area contributed by atoms with E-state index in [1.165, 1.54) is 38.2 Å². The van der Waals surface area contributed by atoms with Gasteiger partial charge in [-0.25, -0.2) is 0 Å². The van der Waals surface area contributed by atoms with Crippen LogP contribution in [0.4, 0.5) is 0 Å². The van der Waals surface area contributed by atoms with Crippen LogP contribution in [-0.4, -0.2) is 41.4 Å². The summed E-state index contributed by atoms with van der Waals surface area (Å²) >= 11 is 0. The Morgan fingerprint density at radius 2 is 2.08 bits per heavy atom. The SMILES string of the molecule is C1CN=C2CCCN2C1.CC(=O)O. The highest BCUT2D eigenvalue weighted by molar-refractivity contribution is 5.84. The van der Waals surface area contributed by atoms with Crippen LogP contribution in [0.5, 0.6) is 0 Å². The Morgan fingerprint density at radius 3 is 2.69 bits per heavy atom. The van der Waals surface area contributed by atoms with Crippen LogP contribution >= 0.6 is 0 Å². The lowest BCUT2D eigenvalue weighted by Crippen LogP contribution is -2.29. The normalized spacial score (nSPS) is 19.8. The average Bonchev–Trinajstić information content (AvgIpc) is 2.49. The van der Waals surface area contributed by atoms with Gasteiger partial charge in [0.1, 0.15) is 0 Å². The monoisotopic (exact) mass is 184 g/mol. The summed E-state index contributed by atoms with van der Waals surface area (Å²) in [5.74, 6) is 0.543. The number of amidine groups is 1. The van der Waals surface area contributed by atoms with E-state index in [2.05, 4.69) is 9.89 Å². The van der Waals surface area contributed by atoms with Crippen molar-refractivity contribution in [2.45, 2.75) is 26.2 Å². The lowest BCUT2D eigenvalue weighted by atomic mass is 10.3. The zero-order valence-corrected chi connectivity index (χ0v) is 7.99. The molecule has 2 aliphatic heterocycles. The molecule has 0 aromatic rings. The summed E-state index contributed by atoms with van der Waals surface area (Å²) in [7, 11) is 0. The number of carbonyl (C=O) groups is 1. The molecule has 0 unspecified atom stereocenters. The molecule has 2 aliphatic rings. The number of aliphatic carboxylic acids is 1. The number of aliphatic imine (C=N–C) groups is 1. The van der Waals surface area contributed by atoms with E-state index in [1.54, 1.807) is 0 Å². The van der Waals surface area contributed by atoms with Gasteiger partial charge < -0.3 is 10.0 Å². The molecule has 0 aromatic carbocycles. The molecular formula is C9H16N2O2. The van der Waals surface area contributed by atoms with Gasteiger partial charge in [-0.1, -0.05) is 0 Å². The lowest BCUT2D eigenvalue weighted by molar-refractivity contribution is -0.134. The Balaban J connectivity index is 0.000000184. The van der Waals surface area contributed by atoms with E-state index in [0.29, 0.717) is 0 Å². The maximum atomic E-state index is 9.00. The van der Waals surface area contributed by atoms with Crippen LogP contribution in [-0.2, 0) is 4.79 Å². The van der Waals surface area contributed by atoms with E-state index in [0.717, 1.165) is 13.5 Å². The predicted octanol–water partition coefficient (Wildman–Crippen LogP) is 0.975. The maximum absolute atomic E-state index is 9.00. The Morgan fingerprint density at radius 1 is 1.46 bits per heavy atom. The predicted molar refractivity (Wildman–Crippen MR) is 51.0 cm³/mol. The van der Waals surface area contributed by atoms with E-state index in [9.17, 15) is 0 Å². The highest BCUT2D eigenvalue weighted by atomic mass is 16.4. The first kappa shape index (κ1) is 10.0. The van der Waals surface area contributed by atoms with Crippen LogP contribution < -0.4 is 0 Å². The van der Waals surface area contributed by atoms with Gasteiger partial charge >= 0.3 is 0 Å². The summed E-state index contributed by atoms with van der Waals surface area (Å²) in [6.45, 7) is 4.68. The second kappa shape index (κ2) is 4.84. The van der Waals surface area contributed by atoms with Crippen molar-refractivity contribution in [3.05, 3.63) is 0 Å². The summed E-state index contributed by atoms with van der Waals surface area (Å²) in [5, 5.41) is 7.42. The second-order valence-corrected chi connectivity index (χ2v) is 3.26. The molecule has 1 fully saturated rings. The zero-order valence-electron chi connectivity index (χ0n) is 7.99. The molecule has 2 rings (SSSR count). The lowest BCUT2D eigenvalue weighted by Gasteiger charge is -2.21. The summed E-state index contributed by atoms with van der Waals surface area (Å²) in [6.07, 6.45) is 3.84. The van der Waals surface area contributed by atoms with Gasteiger partial charge in [-0.05, 0) is 12.8 Å². The summed E-state index contributed by atoms with van der Waals surface area (Å²) in [6, 6.07) is 0. The highest BCUT2D eigenvalue weighted by Crippen LogP contribution is 2.14. The van der Waals surface area contributed by atoms with Crippen LogP contribution in [0.3, 0.4) is 0 Å². The smallest absolute Gasteiger partial charge is 0.300 e. The molecule has 0 atom stereocenters. The third-order valence-corrected chi connectivity index (χ3v) is 2.07. The molecule has 0 bridgehead atoms. The van der Waals surface area contributed by atoms with E-state index >= 15 is 0 Å². The van der Waals surface area contributed by atoms with Gasteiger partial charge in [0.2, 0.25) is 0 Å². The van der Waals surface area contributed by atoms with Crippen LogP contribution in [0.25, 0.3) is 0 Å². The number of carboxylic acid groups (broad SMARTS) is 1. The Bertz CT molecular complexity index is 210. The summed E-state index contributed by atoms with van der Waals surface area (Å²) < 4.78 is 0. The number of nitrogens with zero attached hydrogens (tertiary/aromatic N) is 2. The van der Waals surface area contributed by atoms with Gasteiger partial charge in [-0.15, -0.1) is 0 Å². The first-order valence-electron chi connectivity index (χ1n) is 4.68. The van der Waals surface area contributed by atoms with Crippen molar-refractivity contribution in [3.8, 4) is 0 Å². The zero-order chi connectivity index (χ0) is 9.68. The molecule has 0 aromatic heterocycles. The van der Waals surface area contributed by atoms with Crippen molar-refractivity contribution in [1.82, 2.24) is 4.90 Å². The minimum absolute atomic E-state index is 0.833. The fourth-order valence-electron chi connectivity index (χ4n) is 1.60. The van der Waals surface area contributed by atoms with Gasteiger partial charge in [0, 0.05) is 33.0 Å². The number of rotatable bonds is 0. The van der Waals surface area contributed by atoms with Crippen LogP contribution in [0.15, 0.2) is 4.99 Å². The molecule has 1 N–H and O–H groups in total. The molecule has 74 valence electrons. The number of hydrogen-bond donors (Lipinski definition) is 1. The second-order valence-electron chi connectivity index (χ2n) is 3.26.